The van der Waals surface area contributed by atoms with Crippen molar-refractivity contribution < 1.29 is 34.2 Å². The number of thiazole rings is 1. The normalized spacial score (nSPS) is 17.3. The van der Waals surface area contributed by atoms with Crippen molar-refractivity contribution in [1.82, 2.24) is 15.2 Å². The summed E-state index contributed by atoms with van der Waals surface area (Å²) in [5, 5.41) is 25.3. The van der Waals surface area contributed by atoms with E-state index in [1.165, 1.54) is 19.2 Å². The Balaban J connectivity index is 2.14. The van der Waals surface area contributed by atoms with Gasteiger partial charge in [0.15, 0.2) is 10.8 Å². The van der Waals surface area contributed by atoms with E-state index in [1.54, 1.807) is 0 Å². The Morgan fingerprint density at radius 2 is 2.15 bits per heavy atom. The van der Waals surface area contributed by atoms with Gasteiger partial charge in [-0.25, -0.2) is 9.78 Å². The number of hydrogen-bond acceptors (Lipinski definition) is 9. The number of rotatable bonds is 8. The average Bonchev–Trinajstić information content (AvgIpc) is 2.99. The molecule has 0 radical (unpaired) electrons. The van der Waals surface area contributed by atoms with Gasteiger partial charge in [-0.05, 0) is 13.8 Å². The lowest BCUT2D eigenvalue weighted by atomic mass is 10.1. The third kappa shape index (κ3) is 4.69. The quantitative estimate of drug-likeness (QED) is 0.235. The molecule has 27 heavy (non-hydrogen) atoms. The molecule has 146 valence electrons. The average molecular weight is 399 g/mol. The molecule has 1 aromatic rings. The number of carbonyl (C=O) groups excluding carboxylic acids is 2. The van der Waals surface area contributed by atoms with Crippen LogP contribution in [0.15, 0.2) is 10.5 Å². The highest BCUT2D eigenvalue weighted by atomic mass is 32.1. The molecule has 2 heterocycles. The fourth-order valence-corrected chi connectivity index (χ4v) is 2.48. The number of carboxylic acids is 2. The summed E-state index contributed by atoms with van der Waals surface area (Å²) in [5.41, 5.74) is 3.52. The maximum absolute atomic E-state index is 12.5. The van der Waals surface area contributed by atoms with E-state index in [0.717, 1.165) is 16.2 Å². The summed E-state index contributed by atoms with van der Waals surface area (Å²) in [6, 6.07) is -0.925. The fourth-order valence-electron chi connectivity index (χ4n) is 1.94. The number of carboxylic acid groups (broad SMARTS) is 2. The third-order valence-corrected chi connectivity index (χ3v) is 4.18. The molecule has 1 aliphatic heterocycles. The summed E-state index contributed by atoms with van der Waals surface area (Å²) >= 11 is 1.03. The summed E-state index contributed by atoms with van der Waals surface area (Å²) in [6.45, 7) is 2.03. The highest BCUT2D eigenvalue weighted by Gasteiger charge is 2.40. The maximum atomic E-state index is 12.5. The highest BCUT2D eigenvalue weighted by molar-refractivity contribution is 7.13. The molecule has 0 spiro atoms. The minimum Gasteiger partial charge on any atom is -0.480 e. The van der Waals surface area contributed by atoms with Gasteiger partial charge < -0.3 is 31.0 Å². The molecule has 1 aliphatic rings. The first-order valence-corrected chi connectivity index (χ1v) is 8.41. The number of likely N-dealkylation sites (tertiary alicyclic amines) is 1. The minimum absolute atomic E-state index is 0.0187. The lowest BCUT2D eigenvalue weighted by Gasteiger charge is -2.37. The number of hydrogen-bond donors (Lipinski definition) is 4. The number of aromatic nitrogens is 1. The van der Waals surface area contributed by atoms with E-state index in [0.29, 0.717) is 0 Å². The van der Waals surface area contributed by atoms with Crippen LogP contribution in [0.4, 0.5) is 5.13 Å². The summed E-state index contributed by atoms with van der Waals surface area (Å²) < 4.78 is 0. The molecule has 1 fully saturated rings. The van der Waals surface area contributed by atoms with Crippen LogP contribution in [0.25, 0.3) is 0 Å². The number of amides is 2. The Labute approximate surface area is 156 Å². The molecule has 0 aromatic carbocycles. The number of nitrogens with zero attached hydrogens (tertiary/aromatic N) is 3. The van der Waals surface area contributed by atoms with Crippen LogP contribution in [0.3, 0.4) is 0 Å². The molecule has 0 bridgehead atoms. The van der Waals surface area contributed by atoms with E-state index >= 15 is 0 Å². The van der Waals surface area contributed by atoms with Crippen molar-refractivity contribution in [2.75, 3.05) is 18.8 Å². The summed E-state index contributed by atoms with van der Waals surface area (Å²) in [4.78, 5) is 56.0. The maximum Gasteiger partial charge on any atom is 0.350 e. The van der Waals surface area contributed by atoms with Crippen LogP contribution in [0.5, 0.6) is 0 Å². The first kappa shape index (κ1) is 20.1. The lowest BCUT2D eigenvalue weighted by Crippen LogP contribution is -2.65. The van der Waals surface area contributed by atoms with E-state index in [1.807, 2.05) is 0 Å². The zero-order valence-corrected chi connectivity index (χ0v) is 15.1. The number of aliphatic carboxylic acids is 2. The third-order valence-electron chi connectivity index (χ3n) is 3.50. The Morgan fingerprint density at radius 1 is 1.48 bits per heavy atom. The van der Waals surface area contributed by atoms with Crippen molar-refractivity contribution in [2.45, 2.75) is 25.5 Å². The van der Waals surface area contributed by atoms with E-state index in [-0.39, 0.29) is 23.1 Å². The predicted octanol–water partition coefficient (Wildman–Crippen LogP) is -1.28. The van der Waals surface area contributed by atoms with Crippen LogP contribution in [0.2, 0.25) is 0 Å². The van der Waals surface area contributed by atoms with Crippen molar-refractivity contribution in [3.63, 3.8) is 0 Å². The molecule has 2 amide bonds. The first-order valence-electron chi connectivity index (χ1n) is 7.53. The summed E-state index contributed by atoms with van der Waals surface area (Å²) in [6.07, 6.45) is 0. The van der Waals surface area contributed by atoms with Crippen molar-refractivity contribution in [3.05, 3.63) is 11.1 Å². The molecular formula is C14H17N5O7S. The Kier molecular flexibility index (Phi) is 5.64. The van der Waals surface area contributed by atoms with E-state index < -0.39 is 41.9 Å². The zero-order valence-electron chi connectivity index (χ0n) is 14.3. The predicted molar refractivity (Wildman–Crippen MR) is 92.0 cm³/mol. The summed E-state index contributed by atoms with van der Waals surface area (Å²) in [7, 11) is 0. The summed E-state index contributed by atoms with van der Waals surface area (Å²) in [5.74, 6) is -3.87. The monoisotopic (exact) mass is 399 g/mol. The molecule has 2 rings (SSSR count). The molecule has 1 saturated heterocycles. The second kappa shape index (κ2) is 7.57. The number of nitrogens with one attached hydrogen (secondary N) is 1. The van der Waals surface area contributed by atoms with Gasteiger partial charge in [0.2, 0.25) is 11.5 Å². The molecule has 1 aromatic heterocycles. The molecule has 0 aliphatic carbocycles. The standard InChI is InChI=1S/C14H17N5O7S/c1-14(2,12(24)25)26-18-9(7-5-27-13(15)17-7)10(22)16-6-3-19(11(6)23)4-8(20)21/h5-6H,3-4H2,1-2H3,(H2,15,17)(H,16,22)(H,20,21)(H,24,25)/b18-9-. The van der Waals surface area contributed by atoms with Crippen molar-refractivity contribution >= 4 is 45.9 Å². The van der Waals surface area contributed by atoms with Crippen molar-refractivity contribution in [1.29, 1.82) is 0 Å². The fraction of sp³-hybridized carbons (Fsp3) is 0.429. The molecule has 12 nitrogen and oxygen atoms in total. The van der Waals surface area contributed by atoms with Gasteiger partial charge in [0.1, 0.15) is 18.3 Å². The van der Waals surface area contributed by atoms with Crippen LogP contribution >= 0.6 is 11.3 Å². The second-order valence-electron chi connectivity index (χ2n) is 6.06. The lowest BCUT2D eigenvalue weighted by molar-refractivity contribution is -0.161. The Bertz CT molecular complexity index is 819. The van der Waals surface area contributed by atoms with Crippen LogP contribution in [0.1, 0.15) is 19.5 Å². The van der Waals surface area contributed by atoms with Crippen molar-refractivity contribution in [2.24, 2.45) is 5.16 Å². The molecule has 1 atom stereocenters. The minimum atomic E-state index is -1.71. The van der Waals surface area contributed by atoms with E-state index in [2.05, 4.69) is 15.5 Å². The van der Waals surface area contributed by atoms with E-state index in [4.69, 9.17) is 20.8 Å². The number of carbonyl (C=O) groups is 4. The van der Waals surface area contributed by atoms with Gasteiger partial charge in [-0.1, -0.05) is 5.16 Å². The van der Waals surface area contributed by atoms with Crippen LogP contribution in [-0.2, 0) is 24.0 Å². The molecule has 0 saturated carbocycles. The van der Waals surface area contributed by atoms with Gasteiger partial charge in [-0.2, -0.15) is 0 Å². The van der Waals surface area contributed by atoms with Crippen LogP contribution < -0.4 is 11.1 Å². The second-order valence-corrected chi connectivity index (χ2v) is 6.95. The largest absolute Gasteiger partial charge is 0.480 e. The van der Waals surface area contributed by atoms with Gasteiger partial charge in [0.25, 0.3) is 5.91 Å². The smallest absolute Gasteiger partial charge is 0.350 e. The van der Waals surface area contributed by atoms with Crippen LogP contribution in [0, 0.1) is 0 Å². The topological polar surface area (TPSA) is 185 Å². The van der Waals surface area contributed by atoms with Gasteiger partial charge in [0, 0.05) is 5.38 Å². The number of anilines is 1. The van der Waals surface area contributed by atoms with Gasteiger partial charge in [-0.15, -0.1) is 11.3 Å². The number of oxime groups is 1. The van der Waals surface area contributed by atoms with Crippen molar-refractivity contribution in [3.8, 4) is 0 Å². The number of nitrogen functional groups attached to an aromatic ring is 1. The number of nitrogens with two attached hydrogens (primary N) is 1. The Hall–Kier alpha value is -3.22. The number of β-lactam (4-membered cyclic amide) rings is 1. The molecule has 5 N–H and O–H groups in total. The van der Waals surface area contributed by atoms with Gasteiger partial charge in [-0.3, -0.25) is 14.4 Å². The van der Waals surface area contributed by atoms with Gasteiger partial charge >= 0.3 is 11.9 Å². The van der Waals surface area contributed by atoms with Crippen LogP contribution in [-0.4, -0.2) is 74.3 Å². The molecule has 1 unspecified atom stereocenters. The first-order chi connectivity index (χ1) is 12.5. The molecule has 13 heteroatoms. The highest BCUT2D eigenvalue weighted by Crippen LogP contribution is 2.16. The Morgan fingerprint density at radius 3 is 2.63 bits per heavy atom. The SMILES string of the molecule is CC(C)(O/N=C(\C(=O)NC1CN(CC(=O)O)C1=O)c1csc(N)n1)C(=O)O. The molecular weight excluding hydrogens is 382 g/mol. The van der Waals surface area contributed by atoms with E-state index in [9.17, 15) is 19.2 Å². The zero-order chi connectivity index (χ0) is 20.4. The van der Waals surface area contributed by atoms with Gasteiger partial charge in [0.05, 0.1) is 6.54 Å².